The standard InChI is InChI=1S/C12H10N4O3S/c17-10(18)9-5-7-3-1-2-4-8(7)16(9)12(19)14-11-15-13-6-20-11/h1-4,6,9H,5H2,(H,17,18)(H,14,15,19). The Bertz CT molecular complexity index is 658. The summed E-state index contributed by atoms with van der Waals surface area (Å²) in [5.41, 5.74) is 2.94. The van der Waals surface area contributed by atoms with E-state index in [1.54, 1.807) is 12.1 Å². The van der Waals surface area contributed by atoms with Crippen molar-refractivity contribution in [1.29, 1.82) is 0 Å². The average Bonchev–Trinajstić information content (AvgIpc) is 3.04. The zero-order valence-corrected chi connectivity index (χ0v) is 11.0. The van der Waals surface area contributed by atoms with Gasteiger partial charge in [-0.15, -0.1) is 10.2 Å². The molecule has 7 nitrogen and oxygen atoms in total. The molecule has 0 radical (unpaired) electrons. The van der Waals surface area contributed by atoms with Gasteiger partial charge in [-0.1, -0.05) is 29.5 Å². The first-order chi connectivity index (χ1) is 9.66. The number of amides is 2. The van der Waals surface area contributed by atoms with Gasteiger partial charge in [-0.3, -0.25) is 10.2 Å². The number of benzene rings is 1. The van der Waals surface area contributed by atoms with Crippen LogP contribution in [0.25, 0.3) is 0 Å². The molecule has 0 fully saturated rings. The number of nitrogens with zero attached hydrogens (tertiary/aromatic N) is 3. The third-order valence-corrected chi connectivity index (χ3v) is 3.66. The van der Waals surface area contributed by atoms with Crippen molar-refractivity contribution >= 4 is 34.2 Å². The zero-order valence-electron chi connectivity index (χ0n) is 10.2. The number of carbonyl (C=O) groups excluding carboxylic acids is 1. The van der Waals surface area contributed by atoms with E-state index in [2.05, 4.69) is 15.5 Å². The number of carboxylic acids is 1. The molecule has 0 aliphatic carbocycles. The summed E-state index contributed by atoms with van der Waals surface area (Å²) < 4.78 is 0. The Morgan fingerprint density at radius 1 is 1.40 bits per heavy atom. The molecule has 102 valence electrons. The molecule has 1 aliphatic heterocycles. The van der Waals surface area contributed by atoms with Gasteiger partial charge in [0.1, 0.15) is 11.6 Å². The second-order valence-electron chi connectivity index (χ2n) is 4.23. The minimum atomic E-state index is -1.03. The fourth-order valence-electron chi connectivity index (χ4n) is 2.21. The van der Waals surface area contributed by atoms with Gasteiger partial charge in [0.25, 0.3) is 0 Å². The number of urea groups is 1. The molecule has 8 heteroatoms. The number of carbonyl (C=O) groups is 2. The van der Waals surface area contributed by atoms with Crippen LogP contribution in [-0.4, -0.2) is 33.3 Å². The van der Waals surface area contributed by atoms with Crippen molar-refractivity contribution in [3.8, 4) is 0 Å². The van der Waals surface area contributed by atoms with E-state index in [-0.39, 0.29) is 0 Å². The summed E-state index contributed by atoms with van der Waals surface area (Å²) >= 11 is 1.17. The van der Waals surface area contributed by atoms with Crippen molar-refractivity contribution in [2.75, 3.05) is 10.2 Å². The molecular formula is C12H10N4O3S. The van der Waals surface area contributed by atoms with Crippen LogP contribution in [0.1, 0.15) is 5.56 Å². The van der Waals surface area contributed by atoms with Gasteiger partial charge in [0.05, 0.1) is 0 Å². The maximum absolute atomic E-state index is 12.3. The lowest BCUT2D eigenvalue weighted by molar-refractivity contribution is -0.138. The quantitative estimate of drug-likeness (QED) is 0.875. The van der Waals surface area contributed by atoms with Gasteiger partial charge < -0.3 is 5.11 Å². The summed E-state index contributed by atoms with van der Waals surface area (Å²) in [5, 5.41) is 19.5. The van der Waals surface area contributed by atoms with Crippen molar-refractivity contribution in [3.05, 3.63) is 35.3 Å². The summed E-state index contributed by atoms with van der Waals surface area (Å²) in [5.74, 6) is -1.03. The molecule has 0 bridgehead atoms. The van der Waals surface area contributed by atoms with Crippen LogP contribution in [-0.2, 0) is 11.2 Å². The molecule has 1 atom stereocenters. The molecule has 2 heterocycles. The van der Waals surface area contributed by atoms with Gasteiger partial charge in [-0.25, -0.2) is 9.59 Å². The number of rotatable bonds is 2. The molecule has 3 rings (SSSR count). The molecule has 0 saturated carbocycles. The number of para-hydroxylation sites is 1. The first-order valence-corrected chi connectivity index (χ1v) is 6.72. The molecular weight excluding hydrogens is 280 g/mol. The van der Waals surface area contributed by atoms with E-state index in [0.717, 1.165) is 5.56 Å². The van der Waals surface area contributed by atoms with E-state index in [4.69, 9.17) is 0 Å². The normalized spacial score (nSPS) is 16.8. The lowest BCUT2D eigenvalue weighted by Gasteiger charge is -2.22. The topological polar surface area (TPSA) is 95.4 Å². The number of hydrogen-bond donors (Lipinski definition) is 2. The van der Waals surface area contributed by atoms with Crippen LogP contribution in [0.3, 0.4) is 0 Å². The summed E-state index contributed by atoms with van der Waals surface area (Å²) in [6, 6.07) is 5.74. The van der Waals surface area contributed by atoms with Crippen molar-refractivity contribution in [1.82, 2.24) is 10.2 Å². The Labute approximate surface area is 117 Å². The van der Waals surface area contributed by atoms with Gasteiger partial charge in [-0.2, -0.15) is 0 Å². The largest absolute Gasteiger partial charge is 0.480 e. The predicted molar refractivity (Wildman–Crippen MR) is 73.0 cm³/mol. The SMILES string of the molecule is O=C(O)C1Cc2ccccc2N1C(=O)Nc1nncs1. The maximum Gasteiger partial charge on any atom is 0.328 e. The highest BCUT2D eigenvalue weighted by molar-refractivity contribution is 7.13. The van der Waals surface area contributed by atoms with Crippen LogP contribution in [0.4, 0.5) is 15.6 Å². The molecule has 20 heavy (non-hydrogen) atoms. The molecule has 1 aromatic carbocycles. The van der Waals surface area contributed by atoms with E-state index in [1.165, 1.54) is 21.7 Å². The molecule has 2 N–H and O–H groups in total. The van der Waals surface area contributed by atoms with Crippen LogP contribution in [0.15, 0.2) is 29.8 Å². The van der Waals surface area contributed by atoms with E-state index >= 15 is 0 Å². The Hall–Kier alpha value is -2.48. The second-order valence-corrected chi connectivity index (χ2v) is 5.06. The Kier molecular flexibility index (Phi) is 3.07. The average molecular weight is 290 g/mol. The van der Waals surface area contributed by atoms with Crippen molar-refractivity contribution in [2.45, 2.75) is 12.5 Å². The monoisotopic (exact) mass is 290 g/mol. The third-order valence-electron chi connectivity index (χ3n) is 3.05. The third kappa shape index (κ3) is 2.10. The number of carboxylic acid groups (broad SMARTS) is 1. The van der Waals surface area contributed by atoms with Crippen LogP contribution in [0, 0.1) is 0 Å². The lowest BCUT2D eigenvalue weighted by Crippen LogP contribution is -2.45. The van der Waals surface area contributed by atoms with Gasteiger partial charge in [-0.05, 0) is 11.6 Å². The number of aromatic nitrogens is 2. The van der Waals surface area contributed by atoms with Crippen molar-refractivity contribution in [3.63, 3.8) is 0 Å². The van der Waals surface area contributed by atoms with Crippen LogP contribution >= 0.6 is 11.3 Å². The number of anilines is 2. The highest BCUT2D eigenvalue weighted by Gasteiger charge is 2.38. The highest BCUT2D eigenvalue weighted by Crippen LogP contribution is 2.32. The van der Waals surface area contributed by atoms with Gasteiger partial charge in [0, 0.05) is 12.1 Å². The summed E-state index contributed by atoms with van der Waals surface area (Å²) in [6.07, 6.45) is 0.301. The highest BCUT2D eigenvalue weighted by atomic mass is 32.1. The Morgan fingerprint density at radius 2 is 2.20 bits per heavy atom. The predicted octanol–water partition coefficient (Wildman–Crippen LogP) is 1.59. The summed E-state index contributed by atoms with van der Waals surface area (Å²) in [7, 11) is 0. The van der Waals surface area contributed by atoms with Crippen LogP contribution in [0.2, 0.25) is 0 Å². The molecule has 1 aliphatic rings. The molecule has 0 saturated heterocycles. The first kappa shape index (κ1) is 12.5. The maximum atomic E-state index is 12.3. The van der Waals surface area contributed by atoms with Crippen molar-refractivity contribution in [2.24, 2.45) is 0 Å². The molecule has 1 unspecified atom stereocenters. The molecule has 2 amide bonds. The lowest BCUT2D eigenvalue weighted by atomic mass is 10.1. The van der Waals surface area contributed by atoms with Gasteiger partial charge in [0.2, 0.25) is 5.13 Å². The van der Waals surface area contributed by atoms with Crippen LogP contribution in [0.5, 0.6) is 0 Å². The minimum Gasteiger partial charge on any atom is -0.480 e. The number of fused-ring (bicyclic) bond motifs is 1. The smallest absolute Gasteiger partial charge is 0.328 e. The van der Waals surface area contributed by atoms with Gasteiger partial charge >= 0.3 is 12.0 Å². The number of nitrogens with one attached hydrogen (secondary N) is 1. The van der Waals surface area contributed by atoms with E-state index in [9.17, 15) is 14.7 Å². The summed E-state index contributed by atoms with van der Waals surface area (Å²) in [4.78, 5) is 24.9. The zero-order chi connectivity index (χ0) is 14.1. The second kappa shape index (κ2) is 4.89. The first-order valence-electron chi connectivity index (χ1n) is 5.84. The summed E-state index contributed by atoms with van der Waals surface area (Å²) in [6.45, 7) is 0. The number of aliphatic carboxylic acids is 1. The van der Waals surface area contributed by atoms with E-state index < -0.39 is 18.0 Å². The van der Waals surface area contributed by atoms with E-state index in [0.29, 0.717) is 17.2 Å². The van der Waals surface area contributed by atoms with Crippen LogP contribution < -0.4 is 10.2 Å². The van der Waals surface area contributed by atoms with Crippen molar-refractivity contribution < 1.29 is 14.7 Å². The molecule has 1 aromatic heterocycles. The van der Waals surface area contributed by atoms with E-state index in [1.807, 2.05) is 12.1 Å². The molecule has 2 aromatic rings. The fraction of sp³-hybridized carbons (Fsp3) is 0.167. The molecule has 0 spiro atoms. The Balaban J connectivity index is 1.92. The number of hydrogen-bond acceptors (Lipinski definition) is 5. The fourth-order valence-corrected chi connectivity index (χ4v) is 2.65. The van der Waals surface area contributed by atoms with Gasteiger partial charge in [0.15, 0.2) is 0 Å². The minimum absolute atomic E-state index is 0.301. The Morgan fingerprint density at radius 3 is 2.90 bits per heavy atom.